The lowest BCUT2D eigenvalue weighted by atomic mass is 10.2. The Labute approximate surface area is 92.1 Å². The van der Waals surface area contributed by atoms with Gasteiger partial charge in [-0.1, -0.05) is 5.16 Å². The second-order valence-electron chi connectivity index (χ2n) is 3.56. The van der Waals surface area contributed by atoms with Gasteiger partial charge in [-0.15, -0.1) is 0 Å². The summed E-state index contributed by atoms with van der Waals surface area (Å²) in [5, 5.41) is 3.97. The molecule has 0 bridgehead atoms. The molecule has 0 atom stereocenters. The quantitative estimate of drug-likeness (QED) is 0.658. The van der Waals surface area contributed by atoms with Crippen molar-refractivity contribution in [2.75, 3.05) is 0 Å². The lowest BCUT2D eigenvalue weighted by Crippen LogP contribution is -1.86. The first kappa shape index (κ1) is 9.03. The van der Waals surface area contributed by atoms with Crippen molar-refractivity contribution in [3.8, 4) is 22.9 Å². The Morgan fingerprint density at radius 3 is 2.81 bits per heavy atom. The van der Waals surface area contributed by atoms with Gasteiger partial charge in [-0.05, 0) is 24.3 Å². The third kappa shape index (κ3) is 1.35. The van der Waals surface area contributed by atoms with Crippen molar-refractivity contribution in [2.45, 2.75) is 0 Å². The van der Waals surface area contributed by atoms with E-state index < -0.39 is 0 Å². The molecule has 3 aromatic rings. The Bertz CT molecular complexity index is 590. The highest BCUT2D eigenvalue weighted by molar-refractivity contribution is 5.61. The minimum atomic E-state index is 0.709. The molecule has 0 aliphatic rings. The molecule has 0 amide bonds. The molecule has 0 spiro atoms. The standard InChI is InChI=1S/C12H10N2O2/c1-14-6-2-4-10(14)12-8-9(13-16-12)11-5-3-7-15-11/h2-8H,1H3. The minimum Gasteiger partial charge on any atom is -0.463 e. The van der Waals surface area contributed by atoms with Crippen LogP contribution in [-0.4, -0.2) is 9.72 Å². The van der Waals surface area contributed by atoms with Gasteiger partial charge in [0.2, 0.25) is 0 Å². The van der Waals surface area contributed by atoms with Gasteiger partial charge in [0.25, 0.3) is 0 Å². The number of rotatable bonds is 2. The SMILES string of the molecule is Cn1cccc1-c1cc(-c2ccco2)no1. The van der Waals surface area contributed by atoms with E-state index in [0.717, 1.165) is 11.5 Å². The molecular weight excluding hydrogens is 204 g/mol. The number of aromatic nitrogens is 2. The zero-order valence-electron chi connectivity index (χ0n) is 8.75. The van der Waals surface area contributed by atoms with E-state index in [4.69, 9.17) is 8.94 Å². The van der Waals surface area contributed by atoms with Crippen molar-refractivity contribution < 1.29 is 8.94 Å². The summed E-state index contributed by atoms with van der Waals surface area (Å²) in [5.41, 5.74) is 1.70. The summed E-state index contributed by atoms with van der Waals surface area (Å²) in [5.74, 6) is 1.45. The second-order valence-corrected chi connectivity index (χ2v) is 3.56. The summed E-state index contributed by atoms with van der Waals surface area (Å²) in [4.78, 5) is 0. The van der Waals surface area contributed by atoms with E-state index in [2.05, 4.69) is 5.16 Å². The van der Waals surface area contributed by atoms with Gasteiger partial charge in [-0.25, -0.2) is 0 Å². The molecule has 3 heterocycles. The Hall–Kier alpha value is -2.23. The minimum absolute atomic E-state index is 0.709. The first-order valence-corrected chi connectivity index (χ1v) is 4.97. The molecule has 0 aliphatic heterocycles. The number of nitrogens with zero attached hydrogens (tertiary/aromatic N) is 2. The average Bonchev–Trinajstić information content (AvgIpc) is 2.96. The number of furan rings is 1. The van der Waals surface area contributed by atoms with E-state index in [-0.39, 0.29) is 0 Å². The predicted molar refractivity (Wildman–Crippen MR) is 58.6 cm³/mol. The summed E-state index contributed by atoms with van der Waals surface area (Å²) >= 11 is 0. The van der Waals surface area contributed by atoms with E-state index in [9.17, 15) is 0 Å². The van der Waals surface area contributed by atoms with Gasteiger partial charge in [0.1, 0.15) is 5.69 Å². The van der Waals surface area contributed by atoms with Crippen LogP contribution in [0, 0.1) is 0 Å². The third-order valence-corrected chi connectivity index (χ3v) is 2.48. The molecule has 0 N–H and O–H groups in total. The van der Waals surface area contributed by atoms with Gasteiger partial charge in [0.15, 0.2) is 11.5 Å². The van der Waals surface area contributed by atoms with Gasteiger partial charge >= 0.3 is 0 Å². The molecule has 0 saturated carbocycles. The fourth-order valence-corrected chi connectivity index (χ4v) is 1.65. The molecule has 0 aromatic carbocycles. The Morgan fingerprint density at radius 2 is 2.12 bits per heavy atom. The number of aryl methyl sites for hydroxylation is 1. The smallest absolute Gasteiger partial charge is 0.183 e. The van der Waals surface area contributed by atoms with Crippen LogP contribution in [-0.2, 0) is 7.05 Å². The summed E-state index contributed by atoms with van der Waals surface area (Å²) in [6.45, 7) is 0. The first-order chi connectivity index (χ1) is 7.84. The van der Waals surface area contributed by atoms with Gasteiger partial charge < -0.3 is 13.5 Å². The van der Waals surface area contributed by atoms with Crippen LogP contribution in [0.15, 0.2) is 51.7 Å². The van der Waals surface area contributed by atoms with Crippen molar-refractivity contribution in [2.24, 2.45) is 7.05 Å². The maximum Gasteiger partial charge on any atom is 0.183 e. The molecule has 0 unspecified atom stereocenters. The molecule has 0 fully saturated rings. The van der Waals surface area contributed by atoms with Crippen LogP contribution in [0.25, 0.3) is 22.9 Å². The van der Waals surface area contributed by atoms with Crippen molar-refractivity contribution in [1.82, 2.24) is 9.72 Å². The monoisotopic (exact) mass is 214 g/mol. The van der Waals surface area contributed by atoms with Crippen LogP contribution in [0.2, 0.25) is 0 Å². The van der Waals surface area contributed by atoms with Gasteiger partial charge in [-0.3, -0.25) is 0 Å². The van der Waals surface area contributed by atoms with Crippen molar-refractivity contribution in [3.63, 3.8) is 0 Å². The highest BCUT2D eigenvalue weighted by Crippen LogP contribution is 2.25. The van der Waals surface area contributed by atoms with Crippen LogP contribution in [0.1, 0.15) is 0 Å². The molecule has 3 aromatic heterocycles. The van der Waals surface area contributed by atoms with Crippen LogP contribution >= 0.6 is 0 Å². The van der Waals surface area contributed by atoms with E-state index in [1.807, 2.05) is 48.1 Å². The lowest BCUT2D eigenvalue weighted by Gasteiger charge is -1.95. The molecular formula is C12H10N2O2. The topological polar surface area (TPSA) is 44.1 Å². The molecule has 0 radical (unpaired) electrons. The fourth-order valence-electron chi connectivity index (χ4n) is 1.65. The summed E-state index contributed by atoms with van der Waals surface area (Å²) < 4.78 is 12.5. The maximum absolute atomic E-state index is 5.28. The average molecular weight is 214 g/mol. The zero-order chi connectivity index (χ0) is 11.0. The van der Waals surface area contributed by atoms with E-state index >= 15 is 0 Å². The highest BCUT2D eigenvalue weighted by Gasteiger charge is 2.11. The third-order valence-electron chi connectivity index (χ3n) is 2.48. The molecule has 4 nitrogen and oxygen atoms in total. The molecule has 0 aliphatic carbocycles. The summed E-state index contributed by atoms with van der Waals surface area (Å²) in [6.07, 6.45) is 3.58. The zero-order valence-corrected chi connectivity index (χ0v) is 8.75. The van der Waals surface area contributed by atoms with Crippen molar-refractivity contribution >= 4 is 0 Å². The number of hydrogen-bond donors (Lipinski definition) is 0. The van der Waals surface area contributed by atoms with Gasteiger partial charge in [0.05, 0.1) is 12.0 Å². The van der Waals surface area contributed by atoms with E-state index in [1.54, 1.807) is 6.26 Å². The predicted octanol–water partition coefficient (Wildman–Crippen LogP) is 2.94. The number of hydrogen-bond acceptors (Lipinski definition) is 3. The highest BCUT2D eigenvalue weighted by atomic mass is 16.5. The molecule has 80 valence electrons. The van der Waals surface area contributed by atoms with Crippen LogP contribution < -0.4 is 0 Å². The van der Waals surface area contributed by atoms with E-state index in [0.29, 0.717) is 11.5 Å². The first-order valence-electron chi connectivity index (χ1n) is 4.97. The van der Waals surface area contributed by atoms with Crippen LogP contribution in [0.4, 0.5) is 0 Å². The molecule has 16 heavy (non-hydrogen) atoms. The van der Waals surface area contributed by atoms with E-state index in [1.165, 1.54) is 0 Å². The lowest BCUT2D eigenvalue weighted by molar-refractivity contribution is 0.429. The van der Waals surface area contributed by atoms with Crippen LogP contribution in [0.3, 0.4) is 0 Å². The Kier molecular flexibility index (Phi) is 1.93. The Balaban J connectivity index is 2.03. The largest absolute Gasteiger partial charge is 0.463 e. The Morgan fingerprint density at radius 1 is 1.19 bits per heavy atom. The maximum atomic E-state index is 5.28. The van der Waals surface area contributed by atoms with Crippen molar-refractivity contribution in [1.29, 1.82) is 0 Å². The summed E-state index contributed by atoms with van der Waals surface area (Å²) in [7, 11) is 1.96. The molecule has 4 heteroatoms. The molecule has 0 saturated heterocycles. The normalized spacial score (nSPS) is 10.8. The van der Waals surface area contributed by atoms with Crippen molar-refractivity contribution in [3.05, 3.63) is 42.8 Å². The van der Waals surface area contributed by atoms with Gasteiger partial charge in [-0.2, -0.15) is 0 Å². The van der Waals surface area contributed by atoms with Crippen LogP contribution in [0.5, 0.6) is 0 Å². The fraction of sp³-hybridized carbons (Fsp3) is 0.0833. The molecule has 3 rings (SSSR count). The second kappa shape index (κ2) is 3.41. The summed E-state index contributed by atoms with van der Waals surface area (Å²) in [6, 6.07) is 9.49. The van der Waals surface area contributed by atoms with Gasteiger partial charge in [0, 0.05) is 19.3 Å².